The first-order valence-corrected chi connectivity index (χ1v) is 10.4. The van der Waals surface area contributed by atoms with Crippen molar-refractivity contribution in [3.63, 3.8) is 0 Å². The fraction of sp³-hybridized carbons (Fsp3) is 0.160. The first-order chi connectivity index (χ1) is 16.0. The fourth-order valence-corrected chi connectivity index (χ4v) is 3.88. The Hall–Kier alpha value is -4.33. The predicted octanol–water partition coefficient (Wildman–Crippen LogP) is 4.11. The number of nitrogens with one attached hydrogen (secondary N) is 2. The van der Waals surface area contributed by atoms with Crippen LogP contribution >= 0.6 is 0 Å². The quantitative estimate of drug-likeness (QED) is 0.382. The summed E-state index contributed by atoms with van der Waals surface area (Å²) >= 11 is 0. The molecule has 3 heterocycles. The molecule has 2 aromatic carbocycles. The smallest absolute Gasteiger partial charge is 0.347 e. The van der Waals surface area contributed by atoms with Crippen LogP contribution in [0.2, 0.25) is 0 Å². The number of amides is 1. The zero-order chi connectivity index (χ0) is 22.9. The highest BCUT2D eigenvalue weighted by molar-refractivity contribution is 6.05. The van der Waals surface area contributed by atoms with Gasteiger partial charge in [0.2, 0.25) is 5.91 Å². The van der Waals surface area contributed by atoms with Gasteiger partial charge in [0.25, 0.3) is 0 Å². The van der Waals surface area contributed by atoms with Crippen molar-refractivity contribution in [2.75, 3.05) is 7.11 Å². The van der Waals surface area contributed by atoms with Crippen LogP contribution in [-0.2, 0) is 17.8 Å². The third kappa shape index (κ3) is 3.76. The van der Waals surface area contributed by atoms with Gasteiger partial charge in [-0.2, -0.15) is 5.10 Å². The van der Waals surface area contributed by atoms with Gasteiger partial charge in [-0.3, -0.25) is 9.89 Å². The number of H-pyrrole nitrogens is 1. The second-order valence-electron chi connectivity index (χ2n) is 7.70. The number of ether oxygens (including phenoxy) is 1. The molecule has 3 aromatic heterocycles. The average molecular weight is 443 g/mol. The number of aryl methyl sites for hydroxylation is 1. The minimum absolute atomic E-state index is 0.0473. The van der Waals surface area contributed by atoms with E-state index in [1.165, 1.54) is 0 Å². The zero-order valence-corrected chi connectivity index (χ0v) is 18.1. The molecule has 0 aliphatic rings. The van der Waals surface area contributed by atoms with Gasteiger partial charge in [-0.05, 0) is 43.3 Å². The normalized spacial score (nSPS) is 11.2. The van der Waals surface area contributed by atoms with Gasteiger partial charge >= 0.3 is 5.63 Å². The third-order valence-corrected chi connectivity index (χ3v) is 5.65. The molecule has 0 atom stereocenters. The summed E-state index contributed by atoms with van der Waals surface area (Å²) in [7, 11) is 1.59. The second kappa shape index (κ2) is 8.31. The fourth-order valence-electron chi connectivity index (χ4n) is 3.88. The van der Waals surface area contributed by atoms with E-state index in [-0.39, 0.29) is 17.7 Å². The van der Waals surface area contributed by atoms with Gasteiger partial charge in [-0.25, -0.2) is 4.79 Å². The number of carbonyl (C=O) groups is 1. The van der Waals surface area contributed by atoms with Gasteiger partial charge in [0, 0.05) is 28.9 Å². The molecule has 0 fully saturated rings. The number of para-hydroxylation sites is 1. The lowest BCUT2D eigenvalue weighted by Crippen LogP contribution is -2.25. The van der Waals surface area contributed by atoms with Crippen LogP contribution in [0.4, 0.5) is 0 Å². The Kier molecular flexibility index (Phi) is 5.18. The second-order valence-corrected chi connectivity index (χ2v) is 7.70. The van der Waals surface area contributed by atoms with E-state index in [0.29, 0.717) is 40.2 Å². The molecule has 0 radical (unpaired) electrons. The van der Waals surface area contributed by atoms with Gasteiger partial charge in [-0.1, -0.05) is 12.1 Å². The van der Waals surface area contributed by atoms with Crippen molar-refractivity contribution in [2.24, 2.45) is 0 Å². The molecule has 1 amide bonds. The molecular weight excluding hydrogens is 422 g/mol. The first-order valence-electron chi connectivity index (χ1n) is 10.4. The number of methoxy groups -OCH3 is 1. The number of hydrogen-bond acceptors (Lipinski definition) is 6. The number of furan rings is 1. The molecule has 8 heteroatoms. The summed E-state index contributed by atoms with van der Waals surface area (Å²) in [6, 6.07) is 14.4. The summed E-state index contributed by atoms with van der Waals surface area (Å²) in [5.74, 6) is 0.890. The first kappa shape index (κ1) is 20.6. The molecule has 33 heavy (non-hydrogen) atoms. The van der Waals surface area contributed by atoms with E-state index in [2.05, 4.69) is 15.5 Å². The van der Waals surface area contributed by atoms with Crippen LogP contribution in [0.25, 0.3) is 33.3 Å². The number of benzene rings is 2. The van der Waals surface area contributed by atoms with Gasteiger partial charge < -0.3 is 18.9 Å². The number of rotatable bonds is 6. The van der Waals surface area contributed by atoms with E-state index in [1.807, 2.05) is 31.2 Å². The number of aromatic amines is 1. The standard InChI is InChI=1S/C25H21N3O5/c1-14-16(13-27-28-14)12-26-21(29)11-19-22-24(18-5-3-4-6-20(18)32-25(22)30)33-23(19)15-7-9-17(31-2)10-8-15/h3-10,13H,11-12H2,1-2H3,(H,26,29)(H,27,28). The highest BCUT2D eigenvalue weighted by atomic mass is 16.5. The number of nitrogens with zero attached hydrogens (tertiary/aromatic N) is 1. The molecule has 0 unspecified atom stereocenters. The Morgan fingerprint density at radius 2 is 1.91 bits per heavy atom. The molecule has 0 saturated carbocycles. The minimum Gasteiger partial charge on any atom is -0.497 e. The van der Waals surface area contributed by atoms with Crippen molar-refractivity contribution in [3.8, 4) is 17.1 Å². The van der Waals surface area contributed by atoms with Crippen molar-refractivity contribution in [3.05, 3.63) is 82.0 Å². The van der Waals surface area contributed by atoms with Crippen molar-refractivity contribution in [1.82, 2.24) is 15.5 Å². The molecule has 5 rings (SSSR count). The van der Waals surface area contributed by atoms with Crippen LogP contribution in [-0.4, -0.2) is 23.2 Å². The van der Waals surface area contributed by atoms with Crippen LogP contribution in [0.3, 0.4) is 0 Å². The maximum atomic E-state index is 12.9. The third-order valence-electron chi connectivity index (χ3n) is 5.65. The number of aromatic nitrogens is 2. The number of carbonyl (C=O) groups excluding carboxylic acids is 1. The lowest BCUT2D eigenvalue weighted by atomic mass is 10.0. The Morgan fingerprint density at radius 3 is 2.64 bits per heavy atom. The van der Waals surface area contributed by atoms with Gasteiger partial charge in [0.1, 0.15) is 22.5 Å². The van der Waals surface area contributed by atoms with E-state index in [0.717, 1.165) is 16.8 Å². The van der Waals surface area contributed by atoms with E-state index in [1.54, 1.807) is 37.6 Å². The maximum absolute atomic E-state index is 12.9. The zero-order valence-electron chi connectivity index (χ0n) is 18.1. The van der Waals surface area contributed by atoms with Crippen LogP contribution in [0, 0.1) is 6.92 Å². The molecule has 0 bridgehead atoms. The lowest BCUT2D eigenvalue weighted by molar-refractivity contribution is -0.120. The Bertz CT molecular complexity index is 1530. The summed E-state index contributed by atoms with van der Waals surface area (Å²) in [6.07, 6.45) is 1.63. The topological polar surface area (TPSA) is 110 Å². The van der Waals surface area contributed by atoms with E-state index < -0.39 is 5.63 Å². The SMILES string of the molecule is COc1ccc(-c2oc3c(c2CC(=O)NCc2cn[nH]c2C)c(=O)oc2ccccc23)cc1. The molecule has 5 aromatic rings. The summed E-state index contributed by atoms with van der Waals surface area (Å²) in [6.45, 7) is 2.21. The molecule has 8 nitrogen and oxygen atoms in total. The Balaban J connectivity index is 1.61. The summed E-state index contributed by atoms with van der Waals surface area (Å²) < 4.78 is 17.0. The van der Waals surface area contributed by atoms with E-state index >= 15 is 0 Å². The molecule has 0 aliphatic carbocycles. The summed E-state index contributed by atoms with van der Waals surface area (Å²) in [5, 5.41) is 10.6. The summed E-state index contributed by atoms with van der Waals surface area (Å²) in [5.41, 5.74) is 3.27. The van der Waals surface area contributed by atoms with Crippen molar-refractivity contribution < 1.29 is 18.4 Å². The van der Waals surface area contributed by atoms with Crippen LogP contribution in [0.1, 0.15) is 16.8 Å². The van der Waals surface area contributed by atoms with Crippen LogP contribution < -0.4 is 15.7 Å². The molecule has 0 aliphatic heterocycles. The molecule has 0 spiro atoms. The van der Waals surface area contributed by atoms with Crippen LogP contribution in [0.5, 0.6) is 5.75 Å². The Morgan fingerprint density at radius 1 is 1.12 bits per heavy atom. The Labute approximate surface area is 188 Å². The lowest BCUT2D eigenvalue weighted by Gasteiger charge is -2.06. The molecular formula is C25H21N3O5. The maximum Gasteiger partial charge on any atom is 0.347 e. The number of hydrogen-bond donors (Lipinski definition) is 2. The van der Waals surface area contributed by atoms with Crippen LogP contribution in [0.15, 0.2) is 68.4 Å². The average Bonchev–Trinajstić information content (AvgIpc) is 3.42. The van der Waals surface area contributed by atoms with E-state index in [4.69, 9.17) is 13.6 Å². The number of fused-ring (bicyclic) bond motifs is 3. The van der Waals surface area contributed by atoms with Crippen molar-refractivity contribution in [1.29, 1.82) is 0 Å². The molecule has 0 saturated heterocycles. The monoisotopic (exact) mass is 443 g/mol. The highest BCUT2D eigenvalue weighted by Gasteiger charge is 2.24. The van der Waals surface area contributed by atoms with Crippen molar-refractivity contribution in [2.45, 2.75) is 19.9 Å². The van der Waals surface area contributed by atoms with Gasteiger partial charge in [-0.15, -0.1) is 0 Å². The van der Waals surface area contributed by atoms with E-state index in [9.17, 15) is 9.59 Å². The minimum atomic E-state index is -0.541. The highest BCUT2D eigenvalue weighted by Crippen LogP contribution is 2.36. The summed E-state index contributed by atoms with van der Waals surface area (Å²) in [4.78, 5) is 25.8. The molecule has 2 N–H and O–H groups in total. The van der Waals surface area contributed by atoms with Gasteiger partial charge in [0.15, 0.2) is 5.58 Å². The predicted molar refractivity (Wildman–Crippen MR) is 123 cm³/mol. The van der Waals surface area contributed by atoms with Gasteiger partial charge in [0.05, 0.1) is 25.1 Å². The molecule has 166 valence electrons. The largest absolute Gasteiger partial charge is 0.497 e. The van der Waals surface area contributed by atoms with Crippen molar-refractivity contribution >= 4 is 27.8 Å².